The lowest BCUT2D eigenvalue weighted by atomic mass is 10.1. The molecular weight excluding hydrogens is 428 g/mol. The molecule has 0 aliphatic carbocycles. The predicted molar refractivity (Wildman–Crippen MR) is 132 cm³/mol. The van der Waals surface area contributed by atoms with E-state index in [1.54, 1.807) is 19.2 Å². The van der Waals surface area contributed by atoms with Crippen molar-refractivity contribution in [3.8, 4) is 22.8 Å². The second kappa shape index (κ2) is 9.79. The molecule has 7 nitrogen and oxygen atoms in total. The third-order valence-electron chi connectivity index (χ3n) is 6.07. The molecule has 1 fully saturated rings. The third kappa shape index (κ3) is 4.78. The maximum atomic E-state index is 12.6. The highest BCUT2D eigenvalue weighted by Gasteiger charge is 2.22. The van der Waals surface area contributed by atoms with Crippen LogP contribution in [-0.2, 0) is 4.79 Å². The Morgan fingerprint density at radius 3 is 2.26 bits per heavy atom. The molecule has 0 spiro atoms. The SMILES string of the molecule is COc1ccc(OCC(=O)N2CCN(c3ccc(-c4ccc5ccccc5c4)nn3)CC2)cc1. The molecular formula is C27H26N4O3. The van der Waals surface area contributed by atoms with Crippen molar-refractivity contribution >= 4 is 22.5 Å². The second-order valence-electron chi connectivity index (χ2n) is 8.17. The summed E-state index contributed by atoms with van der Waals surface area (Å²) >= 11 is 0. The van der Waals surface area contributed by atoms with Gasteiger partial charge in [-0.15, -0.1) is 10.2 Å². The van der Waals surface area contributed by atoms with Gasteiger partial charge in [0.2, 0.25) is 0 Å². The number of methoxy groups -OCH3 is 1. The number of carbonyl (C=O) groups excluding carboxylic acids is 1. The van der Waals surface area contributed by atoms with E-state index in [1.807, 2.05) is 41.3 Å². The third-order valence-corrected chi connectivity index (χ3v) is 6.07. The average molecular weight is 455 g/mol. The van der Waals surface area contributed by atoms with Gasteiger partial charge in [-0.25, -0.2) is 0 Å². The molecule has 4 aromatic rings. The summed E-state index contributed by atoms with van der Waals surface area (Å²) < 4.78 is 10.8. The highest BCUT2D eigenvalue weighted by molar-refractivity contribution is 5.86. The normalized spacial score (nSPS) is 13.7. The number of fused-ring (bicyclic) bond motifs is 1. The molecule has 1 aliphatic rings. The fourth-order valence-electron chi connectivity index (χ4n) is 4.09. The van der Waals surface area contributed by atoms with Gasteiger partial charge in [-0.3, -0.25) is 4.79 Å². The highest BCUT2D eigenvalue weighted by Crippen LogP contribution is 2.24. The zero-order valence-corrected chi connectivity index (χ0v) is 19.1. The molecule has 0 unspecified atom stereocenters. The van der Waals surface area contributed by atoms with E-state index in [2.05, 4.69) is 45.4 Å². The summed E-state index contributed by atoms with van der Waals surface area (Å²) in [6.07, 6.45) is 0. The van der Waals surface area contributed by atoms with Crippen LogP contribution in [0.3, 0.4) is 0 Å². The Labute approximate surface area is 198 Å². The molecule has 34 heavy (non-hydrogen) atoms. The van der Waals surface area contributed by atoms with Crippen LogP contribution in [-0.4, -0.2) is 60.9 Å². The molecule has 1 saturated heterocycles. The van der Waals surface area contributed by atoms with Gasteiger partial charge in [-0.1, -0.05) is 36.4 Å². The summed E-state index contributed by atoms with van der Waals surface area (Å²) in [4.78, 5) is 16.6. The fraction of sp³-hybridized carbons (Fsp3) is 0.222. The number of piperazine rings is 1. The number of nitrogens with zero attached hydrogens (tertiary/aromatic N) is 4. The fourth-order valence-corrected chi connectivity index (χ4v) is 4.09. The van der Waals surface area contributed by atoms with E-state index in [4.69, 9.17) is 9.47 Å². The molecule has 3 aromatic carbocycles. The van der Waals surface area contributed by atoms with Crippen LogP contribution in [0.4, 0.5) is 5.82 Å². The monoisotopic (exact) mass is 454 g/mol. The molecule has 0 bridgehead atoms. The molecule has 1 amide bonds. The van der Waals surface area contributed by atoms with Crippen LogP contribution in [0.2, 0.25) is 0 Å². The zero-order valence-electron chi connectivity index (χ0n) is 19.1. The number of amides is 1. The summed E-state index contributed by atoms with van der Waals surface area (Å²) in [6, 6.07) is 25.8. The van der Waals surface area contributed by atoms with E-state index in [1.165, 1.54) is 10.8 Å². The molecule has 0 N–H and O–H groups in total. The Balaban J connectivity index is 1.15. The molecule has 0 radical (unpaired) electrons. The number of aromatic nitrogens is 2. The summed E-state index contributed by atoms with van der Waals surface area (Å²) in [5, 5.41) is 11.3. The quantitative estimate of drug-likeness (QED) is 0.438. The lowest BCUT2D eigenvalue weighted by molar-refractivity contribution is -0.133. The minimum atomic E-state index is -0.0202. The van der Waals surface area contributed by atoms with E-state index in [0.717, 1.165) is 22.8 Å². The lowest BCUT2D eigenvalue weighted by Crippen LogP contribution is -2.50. The molecule has 1 aliphatic heterocycles. The van der Waals surface area contributed by atoms with Crippen LogP contribution < -0.4 is 14.4 Å². The van der Waals surface area contributed by atoms with Crippen LogP contribution in [0.25, 0.3) is 22.0 Å². The van der Waals surface area contributed by atoms with E-state index in [-0.39, 0.29) is 12.5 Å². The molecule has 172 valence electrons. The van der Waals surface area contributed by atoms with E-state index in [9.17, 15) is 4.79 Å². The van der Waals surface area contributed by atoms with Crippen molar-refractivity contribution in [2.45, 2.75) is 0 Å². The Bertz CT molecular complexity index is 1270. The van der Waals surface area contributed by atoms with Gasteiger partial charge < -0.3 is 19.3 Å². The van der Waals surface area contributed by atoms with Gasteiger partial charge in [-0.2, -0.15) is 0 Å². The number of carbonyl (C=O) groups is 1. The van der Waals surface area contributed by atoms with E-state index in [0.29, 0.717) is 31.9 Å². The van der Waals surface area contributed by atoms with Crippen LogP contribution >= 0.6 is 0 Å². The van der Waals surface area contributed by atoms with Crippen LogP contribution in [0.5, 0.6) is 11.5 Å². The van der Waals surface area contributed by atoms with Gasteiger partial charge >= 0.3 is 0 Å². The largest absolute Gasteiger partial charge is 0.497 e. The summed E-state index contributed by atoms with van der Waals surface area (Å²) in [6.45, 7) is 2.68. The van der Waals surface area contributed by atoms with Gasteiger partial charge in [0.05, 0.1) is 12.8 Å². The topological polar surface area (TPSA) is 67.8 Å². The van der Waals surface area contributed by atoms with Crippen LogP contribution in [0.15, 0.2) is 78.9 Å². The predicted octanol–water partition coefficient (Wildman–Crippen LogP) is 4.03. The summed E-state index contributed by atoms with van der Waals surface area (Å²) in [5.41, 5.74) is 1.89. The summed E-state index contributed by atoms with van der Waals surface area (Å²) in [7, 11) is 1.61. The Kier molecular flexibility index (Phi) is 6.25. The average Bonchev–Trinajstić information content (AvgIpc) is 2.92. The molecule has 5 rings (SSSR count). The van der Waals surface area contributed by atoms with E-state index < -0.39 is 0 Å². The molecule has 0 atom stereocenters. The first-order valence-corrected chi connectivity index (χ1v) is 11.3. The number of anilines is 1. The number of hydrogen-bond acceptors (Lipinski definition) is 6. The van der Waals surface area contributed by atoms with Crippen molar-refractivity contribution in [3.05, 3.63) is 78.9 Å². The molecule has 0 saturated carbocycles. The van der Waals surface area contributed by atoms with Crippen molar-refractivity contribution in [2.75, 3.05) is 44.8 Å². The minimum absolute atomic E-state index is 0.0202. The molecule has 2 heterocycles. The first-order valence-electron chi connectivity index (χ1n) is 11.3. The number of benzene rings is 3. The van der Waals surface area contributed by atoms with Crippen molar-refractivity contribution in [3.63, 3.8) is 0 Å². The van der Waals surface area contributed by atoms with Gasteiger partial charge in [0.1, 0.15) is 11.5 Å². The first-order chi connectivity index (χ1) is 16.7. The van der Waals surface area contributed by atoms with Crippen molar-refractivity contribution < 1.29 is 14.3 Å². The highest BCUT2D eigenvalue weighted by atomic mass is 16.5. The molecule has 1 aromatic heterocycles. The first kappa shape index (κ1) is 21.7. The van der Waals surface area contributed by atoms with E-state index >= 15 is 0 Å². The standard InChI is InChI=1S/C27H26N4O3/c1-33-23-8-10-24(11-9-23)34-19-27(32)31-16-14-30(15-17-31)26-13-12-25(28-29-26)22-7-6-20-4-2-3-5-21(20)18-22/h2-13,18H,14-17,19H2,1H3. The van der Waals surface area contributed by atoms with Gasteiger partial charge in [0, 0.05) is 31.7 Å². The van der Waals surface area contributed by atoms with Gasteiger partial charge in [0.15, 0.2) is 12.4 Å². The number of hydrogen-bond donors (Lipinski definition) is 0. The lowest BCUT2D eigenvalue weighted by Gasteiger charge is -2.35. The number of rotatable bonds is 6. The van der Waals surface area contributed by atoms with Crippen molar-refractivity contribution in [1.29, 1.82) is 0 Å². The van der Waals surface area contributed by atoms with Crippen molar-refractivity contribution in [1.82, 2.24) is 15.1 Å². The van der Waals surface area contributed by atoms with Crippen LogP contribution in [0.1, 0.15) is 0 Å². The van der Waals surface area contributed by atoms with Crippen molar-refractivity contribution in [2.24, 2.45) is 0 Å². The van der Waals surface area contributed by atoms with Gasteiger partial charge in [0.25, 0.3) is 5.91 Å². The Hall–Kier alpha value is -4.13. The van der Waals surface area contributed by atoms with Crippen LogP contribution in [0, 0.1) is 0 Å². The van der Waals surface area contributed by atoms with Gasteiger partial charge in [-0.05, 0) is 53.2 Å². The Morgan fingerprint density at radius 1 is 0.824 bits per heavy atom. The molecule has 7 heteroatoms. The zero-order chi connectivity index (χ0) is 23.3. The summed E-state index contributed by atoms with van der Waals surface area (Å²) in [5.74, 6) is 2.21. The smallest absolute Gasteiger partial charge is 0.260 e. The number of ether oxygens (including phenoxy) is 2. The maximum Gasteiger partial charge on any atom is 0.260 e. The second-order valence-corrected chi connectivity index (χ2v) is 8.17. The minimum Gasteiger partial charge on any atom is -0.497 e. The Morgan fingerprint density at radius 2 is 1.56 bits per heavy atom. The maximum absolute atomic E-state index is 12.6.